The van der Waals surface area contributed by atoms with Crippen LogP contribution >= 0.6 is 0 Å². The van der Waals surface area contributed by atoms with Crippen molar-refractivity contribution >= 4 is 11.8 Å². The van der Waals surface area contributed by atoms with Crippen molar-refractivity contribution in [1.29, 1.82) is 0 Å². The van der Waals surface area contributed by atoms with Gasteiger partial charge in [-0.3, -0.25) is 14.5 Å². The first-order valence-electron chi connectivity index (χ1n) is 13.6. The Balaban J connectivity index is 1.37. The monoisotopic (exact) mass is 481 g/mol. The maximum absolute atomic E-state index is 13.1. The fourth-order valence-corrected chi connectivity index (χ4v) is 7.27. The summed E-state index contributed by atoms with van der Waals surface area (Å²) in [4.78, 5) is 28.1. The van der Waals surface area contributed by atoms with Gasteiger partial charge in [-0.1, -0.05) is 57.6 Å². The summed E-state index contributed by atoms with van der Waals surface area (Å²) in [5.74, 6) is 0.670. The highest BCUT2D eigenvalue weighted by Crippen LogP contribution is 2.64. The predicted molar refractivity (Wildman–Crippen MR) is 134 cm³/mol. The number of unbranched alkanes of at least 4 members (excludes halogenated alkanes) is 6. The minimum Gasteiger partial charge on any atom is -0.477 e. The van der Waals surface area contributed by atoms with Gasteiger partial charge in [0.15, 0.2) is 23.4 Å². The molecule has 2 aliphatic carbocycles. The van der Waals surface area contributed by atoms with Gasteiger partial charge in [-0.05, 0) is 37.3 Å². The number of rotatable bonds is 11. The molecule has 2 aliphatic heterocycles. The molecule has 1 N–H and O–H groups in total. The number of esters is 1. The summed E-state index contributed by atoms with van der Waals surface area (Å²) in [6.45, 7) is 7.59. The van der Waals surface area contributed by atoms with E-state index in [-0.39, 0.29) is 17.8 Å². The number of benzene rings is 1. The molecule has 1 saturated carbocycles. The highest BCUT2D eigenvalue weighted by Gasteiger charge is 2.73. The second-order valence-corrected chi connectivity index (χ2v) is 10.9. The molecule has 1 aromatic carbocycles. The van der Waals surface area contributed by atoms with Gasteiger partial charge >= 0.3 is 5.97 Å². The van der Waals surface area contributed by atoms with Crippen molar-refractivity contribution in [2.75, 3.05) is 13.1 Å². The Morgan fingerprint density at radius 3 is 2.77 bits per heavy atom. The molecule has 0 unspecified atom stereocenters. The number of carbonyl (C=O) groups excluding carboxylic acids is 2. The quantitative estimate of drug-likeness (QED) is 0.215. The van der Waals surface area contributed by atoms with Crippen LogP contribution in [0.4, 0.5) is 0 Å². The molecule has 35 heavy (non-hydrogen) atoms. The van der Waals surface area contributed by atoms with E-state index in [9.17, 15) is 14.7 Å². The number of ketones is 1. The van der Waals surface area contributed by atoms with E-state index in [1.54, 1.807) is 0 Å². The number of aliphatic hydroxyl groups is 1. The molecular weight excluding hydrogens is 442 g/mol. The van der Waals surface area contributed by atoms with Crippen LogP contribution in [-0.2, 0) is 21.4 Å². The molecule has 0 amide bonds. The molecule has 4 atom stereocenters. The van der Waals surface area contributed by atoms with Gasteiger partial charge in [-0.2, -0.15) is 0 Å². The zero-order valence-corrected chi connectivity index (χ0v) is 21.0. The topological polar surface area (TPSA) is 76.1 Å². The highest BCUT2D eigenvalue weighted by molar-refractivity contribution is 5.90. The Bertz CT molecular complexity index is 1010. The number of hydrogen-bond acceptors (Lipinski definition) is 6. The molecule has 6 nitrogen and oxygen atoms in total. The van der Waals surface area contributed by atoms with Crippen molar-refractivity contribution in [3.05, 3.63) is 35.9 Å². The summed E-state index contributed by atoms with van der Waals surface area (Å²) in [5, 5.41) is 12.2. The standard InChI is InChI=1S/C29H39NO5/c1-3-5-6-7-8-9-10-11-24(32)34-22-13-12-20-19-23-29(33)15-14-21(31)27-28(29,25(20)26(22)35-27)16-18-30(23)17-4-2/h4,12-13,23,27,33H,2-3,5-11,14-19H2,1H3/t23-,27-,28-,29-/m1/s1. The van der Waals surface area contributed by atoms with Crippen molar-refractivity contribution in [2.24, 2.45) is 0 Å². The summed E-state index contributed by atoms with van der Waals surface area (Å²) < 4.78 is 12.1. The average molecular weight is 482 g/mol. The smallest absolute Gasteiger partial charge is 0.311 e. The molecule has 2 bridgehead atoms. The molecular formula is C29H39NO5. The van der Waals surface area contributed by atoms with Crippen LogP contribution in [0.2, 0.25) is 0 Å². The molecule has 1 saturated heterocycles. The lowest BCUT2D eigenvalue weighted by Crippen LogP contribution is -2.76. The molecule has 0 aromatic heterocycles. The molecule has 4 aliphatic rings. The van der Waals surface area contributed by atoms with Gasteiger partial charge in [0.2, 0.25) is 0 Å². The van der Waals surface area contributed by atoms with Crippen LogP contribution in [-0.4, -0.2) is 52.6 Å². The van der Waals surface area contributed by atoms with Crippen LogP contribution < -0.4 is 9.47 Å². The van der Waals surface area contributed by atoms with Crippen LogP contribution in [0.5, 0.6) is 11.5 Å². The molecule has 5 rings (SSSR count). The molecule has 0 radical (unpaired) electrons. The van der Waals surface area contributed by atoms with Crippen LogP contribution in [0, 0.1) is 0 Å². The second-order valence-electron chi connectivity index (χ2n) is 10.9. The Morgan fingerprint density at radius 2 is 2.00 bits per heavy atom. The maximum atomic E-state index is 13.1. The van der Waals surface area contributed by atoms with E-state index in [1.165, 1.54) is 25.7 Å². The maximum Gasteiger partial charge on any atom is 0.311 e. The van der Waals surface area contributed by atoms with Crippen molar-refractivity contribution in [3.63, 3.8) is 0 Å². The highest BCUT2D eigenvalue weighted by atomic mass is 16.6. The molecule has 1 aromatic rings. The van der Waals surface area contributed by atoms with Crippen molar-refractivity contribution in [1.82, 2.24) is 4.90 Å². The molecule has 2 heterocycles. The number of likely N-dealkylation sites (tertiary alicyclic amines) is 1. The largest absolute Gasteiger partial charge is 0.477 e. The number of nitrogens with zero attached hydrogens (tertiary/aromatic N) is 1. The number of Topliss-reactive ketones (excluding diaryl/α,β-unsaturated/α-hetero) is 1. The summed E-state index contributed by atoms with van der Waals surface area (Å²) >= 11 is 0. The van der Waals surface area contributed by atoms with Crippen molar-refractivity contribution in [3.8, 4) is 11.5 Å². The van der Waals surface area contributed by atoms with Crippen molar-refractivity contribution in [2.45, 2.75) is 107 Å². The van der Waals surface area contributed by atoms with Gasteiger partial charge in [0.1, 0.15) is 0 Å². The van der Waals surface area contributed by atoms with Crippen LogP contribution in [0.3, 0.4) is 0 Å². The van der Waals surface area contributed by atoms with E-state index in [0.717, 1.165) is 36.9 Å². The lowest BCUT2D eigenvalue weighted by Gasteiger charge is -2.62. The lowest BCUT2D eigenvalue weighted by atomic mass is 9.49. The van der Waals surface area contributed by atoms with E-state index >= 15 is 0 Å². The summed E-state index contributed by atoms with van der Waals surface area (Å²) in [7, 11) is 0. The van der Waals surface area contributed by atoms with Crippen LogP contribution in [0.25, 0.3) is 0 Å². The SMILES string of the molecule is C=CCN1CC[C@@]23c4c5ccc(OC(=O)CCCCCCCCC)c4O[C@@H]2C(=O)CC[C@@]3(O)[C@H]1C5. The zero-order valence-electron chi connectivity index (χ0n) is 21.0. The van der Waals surface area contributed by atoms with E-state index in [4.69, 9.17) is 9.47 Å². The first kappa shape index (κ1) is 24.5. The number of ether oxygens (including phenoxy) is 2. The first-order chi connectivity index (χ1) is 17.0. The minimum atomic E-state index is -1.05. The van der Waals surface area contributed by atoms with Gasteiger partial charge in [-0.25, -0.2) is 0 Å². The van der Waals surface area contributed by atoms with Gasteiger partial charge < -0.3 is 14.6 Å². The number of carbonyl (C=O) groups is 2. The van der Waals surface area contributed by atoms with Crippen LogP contribution in [0.1, 0.15) is 88.7 Å². The Labute approximate surface area is 208 Å². The average Bonchev–Trinajstić information content (AvgIpc) is 3.20. The van der Waals surface area contributed by atoms with E-state index in [0.29, 0.717) is 50.1 Å². The van der Waals surface area contributed by atoms with Gasteiger partial charge in [0.05, 0.1) is 11.0 Å². The fraction of sp³-hybridized carbons (Fsp3) is 0.655. The van der Waals surface area contributed by atoms with E-state index < -0.39 is 17.1 Å². The second kappa shape index (κ2) is 9.70. The minimum absolute atomic E-state index is 0.0370. The Kier molecular flexibility index (Phi) is 6.79. The third-order valence-electron chi connectivity index (χ3n) is 8.93. The van der Waals surface area contributed by atoms with Gasteiger partial charge in [0, 0.05) is 37.5 Å². The molecule has 190 valence electrons. The third kappa shape index (κ3) is 3.84. The lowest BCUT2D eigenvalue weighted by molar-refractivity contribution is -0.187. The summed E-state index contributed by atoms with van der Waals surface area (Å²) in [6.07, 6.45) is 11.6. The molecule has 1 spiro atoms. The summed E-state index contributed by atoms with van der Waals surface area (Å²) in [5.41, 5.74) is 0.182. The van der Waals surface area contributed by atoms with E-state index in [1.807, 2.05) is 18.2 Å². The van der Waals surface area contributed by atoms with Crippen molar-refractivity contribution < 1.29 is 24.2 Å². The van der Waals surface area contributed by atoms with E-state index in [2.05, 4.69) is 18.4 Å². The Morgan fingerprint density at radius 1 is 1.23 bits per heavy atom. The van der Waals surface area contributed by atoms with Gasteiger partial charge in [0.25, 0.3) is 0 Å². The Hall–Kier alpha value is -2.18. The number of piperidine rings is 1. The normalized spacial score (nSPS) is 30.5. The van der Waals surface area contributed by atoms with Gasteiger partial charge in [-0.15, -0.1) is 6.58 Å². The first-order valence-corrected chi connectivity index (χ1v) is 13.6. The zero-order chi connectivity index (χ0) is 24.6. The molecule has 6 heteroatoms. The molecule has 2 fully saturated rings. The third-order valence-corrected chi connectivity index (χ3v) is 8.93. The summed E-state index contributed by atoms with van der Waals surface area (Å²) in [6, 6.07) is 3.73. The predicted octanol–water partition coefficient (Wildman–Crippen LogP) is 4.64. The number of hydrogen-bond donors (Lipinski definition) is 1. The fourth-order valence-electron chi connectivity index (χ4n) is 7.27. The van der Waals surface area contributed by atoms with Crippen LogP contribution in [0.15, 0.2) is 24.8 Å².